The molecular formula is C15H24N2O. The SMILES string of the molecule is CC(C)(C)C1=CCN(Cc2occc2CN)CC1. The highest BCUT2D eigenvalue weighted by Gasteiger charge is 2.22. The van der Waals surface area contributed by atoms with Crippen molar-refractivity contribution in [1.29, 1.82) is 0 Å². The fourth-order valence-corrected chi connectivity index (χ4v) is 2.43. The van der Waals surface area contributed by atoms with E-state index in [9.17, 15) is 0 Å². The lowest BCUT2D eigenvalue weighted by Crippen LogP contribution is -2.31. The summed E-state index contributed by atoms with van der Waals surface area (Å²) < 4.78 is 5.51. The van der Waals surface area contributed by atoms with Gasteiger partial charge in [-0.05, 0) is 17.9 Å². The van der Waals surface area contributed by atoms with Gasteiger partial charge >= 0.3 is 0 Å². The van der Waals surface area contributed by atoms with Crippen molar-refractivity contribution >= 4 is 0 Å². The topological polar surface area (TPSA) is 42.4 Å². The molecule has 0 saturated heterocycles. The summed E-state index contributed by atoms with van der Waals surface area (Å²) in [6, 6.07) is 1.97. The van der Waals surface area contributed by atoms with Gasteiger partial charge in [0.2, 0.25) is 0 Å². The van der Waals surface area contributed by atoms with Crippen molar-refractivity contribution in [2.24, 2.45) is 11.1 Å². The Morgan fingerprint density at radius 3 is 2.72 bits per heavy atom. The number of furan rings is 1. The minimum absolute atomic E-state index is 0.305. The Bertz CT molecular complexity index is 426. The molecule has 0 unspecified atom stereocenters. The molecule has 0 spiro atoms. The van der Waals surface area contributed by atoms with E-state index in [-0.39, 0.29) is 0 Å². The van der Waals surface area contributed by atoms with E-state index in [0.717, 1.165) is 37.4 Å². The Balaban J connectivity index is 1.97. The standard InChI is InChI=1S/C15H24N2O/c1-15(2,3)13-4-7-17(8-5-13)11-14-12(10-16)6-9-18-14/h4,6,9H,5,7-8,10-11,16H2,1-3H3. The molecule has 1 aromatic rings. The number of nitrogens with zero attached hydrogens (tertiary/aromatic N) is 1. The van der Waals surface area contributed by atoms with Crippen LogP contribution in [-0.2, 0) is 13.1 Å². The van der Waals surface area contributed by atoms with Crippen LogP contribution in [0.5, 0.6) is 0 Å². The molecule has 3 heteroatoms. The highest BCUT2D eigenvalue weighted by Crippen LogP contribution is 2.30. The second-order valence-electron chi connectivity index (χ2n) is 6.04. The molecule has 2 rings (SSSR count). The molecule has 0 atom stereocenters. The number of hydrogen-bond donors (Lipinski definition) is 1. The normalized spacial score (nSPS) is 17.9. The third kappa shape index (κ3) is 3.03. The molecule has 0 aliphatic carbocycles. The van der Waals surface area contributed by atoms with E-state index in [0.29, 0.717) is 12.0 Å². The van der Waals surface area contributed by atoms with E-state index in [1.165, 1.54) is 0 Å². The van der Waals surface area contributed by atoms with Crippen LogP contribution in [0.4, 0.5) is 0 Å². The molecule has 0 amide bonds. The first-order valence-electron chi connectivity index (χ1n) is 6.68. The largest absolute Gasteiger partial charge is 0.468 e. The zero-order valence-corrected chi connectivity index (χ0v) is 11.7. The maximum Gasteiger partial charge on any atom is 0.122 e. The molecule has 0 fully saturated rings. The molecule has 0 aromatic carbocycles. The zero-order valence-electron chi connectivity index (χ0n) is 11.7. The highest BCUT2D eigenvalue weighted by molar-refractivity contribution is 5.18. The van der Waals surface area contributed by atoms with Crippen LogP contribution in [0.3, 0.4) is 0 Å². The quantitative estimate of drug-likeness (QED) is 0.836. The van der Waals surface area contributed by atoms with Crippen LogP contribution in [0.15, 0.2) is 28.4 Å². The van der Waals surface area contributed by atoms with Crippen molar-refractivity contribution in [3.8, 4) is 0 Å². The van der Waals surface area contributed by atoms with Gasteiger partial charge in [0.25, 0.3) is 0 Å². The zero-order chi connectivity index (χ0) is 13.2. The predicted molar refractivity (Wildman–Crippen MR) is 74.0 cm³/mol. The van der Waals surface area contributed by atoms with Crippen LogP contribution < -0.4 is 5.73 Å². The van der Waals surface area contributed by atoms with Crippen LogP contribution in [0, 0.1) is 5.41 Å². The maximum absolute atomic E-state index is 5.69. The van der Waals surface area contributed by atoms with Crippen LogP contribution in [-0.4, -0.2) is 18.0 Å². The van der Waals surface area contributed by atoms with Gasteiger partial charge in [0.05, 0.1) is 12.8 Å². The number of nitrogens with two attached hydrogens (primary N) is 1. The lowest BCUT2D eigenvalue weighted by Gasteiger charge is -2.31. The second-order valence-corrected chi connectivity index (χ2v) is 6.04. The third-order valence-corrected chi connectivity index (χ3v) is 3.68. The Hall–Kier alpha value is -1.06. The van der Waals surface area contributed by atoms with E-state index in [1.807, 2.05) is 6.07 Å². The van der Waals surface area contributed by atoms with Gasteiger partial charge in [0.1, 0.15) is 5.76 Å². The maximum atomic E-state index is 5.69. The van der Waals surface area contributed by atoms with Crippen molar-refractivity contribution in [2.75, 3.05) is 13.1 Å². The second kappa shape index (κ2) is 5.29. The van der Waals surface area contributed by atoms with Gasteiger partial charge in [0.15, 0.2) is 0 Å². The van der Waals surface area contributed by atoms with Gasteiger partial charge in [-0.1, -0.05) is 32.4 Å². The Labute approximate surface area is 110 Å². The summed E-state index contributed by atoms with van der Waals surface area (Å²) in [5.41, 5.74) is 8.69. The molecule has 1 aliphatic heterocycles. The minimum atomic E-state index is 0.305. The monoisotopic (exact) mass is 248 g/mol. The first-order chi connectivity index (χ1) is 8.50. The van der Waals surface area contributed by atoms with E-state index >= 15 is 0 Å². The molecule has 2 N–H and O–H groups in total. The van der Waals surface area contributed by atoms with E-state index in [1.54, 1.807) is 11.8 Å². The van der Waals surface area contributed by atoms with Crippen LogP contribution in [0.25, 0.3) is 0 Å². The lowest BCUT2D eigenvalue weighted by atomic mass is 9.83. The van der Waals surface area contributed by atoms with Crippen LogP contribution in [0.1, 0.15) is 38.5 Å². The molecule has 1 aromatic heterocycles. The van der Waals surface area contributed by atoms with Crippen molar-refractivity contribution in [3.05, 3.63) is 35.3 Å². The van der Waals surface area contributed by atoms with Gasteiger partial charge in [-0.2, -0.15) is 0 Å². The van der Waals surface area contributed by atoms with Gasteiger partial charge in [-0.25, -0.2) is 0 Å². The summed E-state index contributed by atoms with van der Waals surface area (Å²) in [6.45, 7) is 10.4. The van der Waals surface area contributed by atoms with E-state index in [4.69, 9.17) is 10.2 Å². The fraction of sp³-hybridized carbons (Fsp3) is 0.600. The first kappa shape index (κ1) is 13.4. The van der Waals surface area contributed by atoms with Gasteiger partial charge in [-0.15, -0.1) is 0 Å². The van der Waals surface area contributed by atoms with Crippen molar-refractivity contribution < 1.29 is 4.42 Å². The number of rotatable bonds is 3. The van der Waals surface area contributed by atoms with E-state index in [2.05, 4.69) is 31.7 Å². The summed E-state index contributed by atoms with van der Waals surface area (Å²) in [5, 5.41) is 0. The van der Waals surface area contributed by atoms with Gasteiger partial charge in [-0.3, -0.25) is 4.90 Å². The molecule has 100 valence electrons. The summed E-state index contributed by atoms with van der Waals surface area (Å²) in [5.74, 6) is 1.02. The van der Waals surface area contributed by atoms with Crippen LogP contribution in [0.2, 0.25) is 0 Å². The average Bonchev–Trinajstić information content (AvgIpc) is 2.76. The highest BCUT2D eigenvalue weighted by atomic mass is 16.3. The fourth-order valence-electron chi connectivity index (χ4n) is 2.43. The van der Waals surface area contributed by atoms with Gasteiger partial charge in [0, 0.05) is 25.2 Å². The molecule has 0 saturated carbocycles. The summed E-state index contributed by atoms with van der Waals surface area (Å²) in [6.07, 6.45) is 5.26. The molecule has 1 aliphatic rings. The smallest absolute Gasteiger partial charge is 0.122 e. The van der Waals surface area contributed by atoms with Crippen molar-refractivity contribution in [2.45, 2.75) is 40.3 Å². The van der Waals surface area contributed by atoms with E-state index < -0.39 is 0 Å². The Morgan fingerprint density at radius 1 is 1.39 bits per heavy atom. The molecule has 3 nitrogen and oxygen atoms in total. The summed E-state index contributed by atoms with van der Waals surface area (Å²) in [4.78, 5) is 2.41. The van der Waals surface area contributed by atoms with Crippen LogP contribution >= 0.6 is 0 Å². The minimum Gasteiger partial charge on any atom is -0.468 e. The Kier molecular flexibility index (Phi) is 3.93. The number of hydrogen-bond acceptors (Lipinski definition) is 3. The summed E-state index contributed by atoms with van der Waals surface area (Å²) in [7, 11) is 0. The predicted octanol–water partition coefficient (Wildman–Crippen LogP) is 2.92. The molecule has 2 heterocycles. The molecule has 18 heavy (non-hydrogen) atoms. The molecular weight excluding hydrogens is 224 g/mol. The van der Waals surface area contributed by atoms with Crippen molar-refractivity contribution in [3.63, 3.8) is 0 Å². The molecule has 0 bridgehead atoms. The first-order valence-corrected chi connectivity index (χ1v) is 6.68. The lowest BCUT2D eigenvalue weighted by molar-refractivity contribution is 0.249. The Morgan fingerprint density at radius 2 is 2.17 bits per heavy atom. The molecule has 0 radical (unpaired) electrons. The average molecular weight is 248 g/mol. The third-order valence-electron chi connectivity index (χ3n) is 3.68. The summed E-state index contributed by atoms with van der Waals surface area (Å²) >= 11 is 0. The van der Waals surface area contributed by atoms with Crippen molar-refractivity contribution in [1.82, 2.24) is 4.90 Å². The van der Waals surface area contributed by atoms with Gasteiger partial charge < -0.3 is 10.2 Å².